The van der Waals surface area contributed by atoms with E-state index < -0.39 is 11.1 Å². The van der Waals surface area contributed by atoms with Crippen LogP contribution < -0.4 is 11.1 Å². The molecule has 118 valence electrons. The lowest BCUT2D eigenvalue weighted by Gasteiger charge is -2.16. The van der Waals surface area contributed by atoms with E-state index in [4.69, 9.17) is 4.42 Å². The molecule has 1 N–H and O–H groups in total. The van der Waals surface area contributed by atoms with Crippen molar-refractivity contribution in [1.29, 1.82) is 0 Å². The number of carbonyl (C=O) groups excluding carboxylic acids is 1. The van der Waals surface area contributed by atoms with Crippen LogP contribution in [0.4, 0.5) is 0 Å². The summed E-state index contributed by atoms with van der Waals surface area (Å²) in [5, 5.41) is 3.04. The number of fused-ring (bicyclic) bond motifs is 1. The minimum Gasteiger partial charge on any atom is -0.467 e. The average Bonchev–Trinajstić information content (AvgIpc) is 3.05. The van der Waals surface area contributed by atoms with Crippen molar-refractivity contribution < 1.29 is 9.21 Å². The number of benzene rings is 1. The van der Waals surface area contributed by atoms with Crippen molar-refractivity contribution in [3.05, 3.63) is 69.1 Å². The van der Waals surface area contributed by atoms with E-state index in [2.05, 4.69) is 5.10 Å². The van der Waals surface area contributed by atoms with Crippen molar-refractivity contribution in [2.45, 2.75) is 13.1 Å². The van der Waals surface area contributed by atoms with E-state index >= 15 is 0 Å². The Morgan fingerprint density at radius 3 is 2.61 bits per heavy atom. The van der Waals surface area contributed by atoms with Crippen LogP contribution in [0.2, 0.25) is 0 Å². The SMILES string of the molecule is CN(Cc1ccco1)C(=O)Cn1[nH]c(=O)c2ccccc2c1=O. The molecule has 0 aliphatic carbocycles. The second kappa shape index (κ2) is 5.96. The molecule has 0 radical (unpaired) electrons. The molecule has 0 spiro atoms. The summed E-state index contributed by atoms with van der Waals surface area (Å²) in [4.78, 5) is 38.0. The molecule has 3 aromatic rings. The van der Waals surface area contributed by atoms with E-state index in [1.54, 1.807) is 43.4 Å². The number of hydrogen-bond acceptors (Lipinski definition) is 4. The number of amides is 1. The van der Waals surface area contributed by atoms with E-state index in [0.717, 1.165) is 4.68 Å². The maximum atomic E-state index is 12.4. The van der Waals surface area contributed by atoms with E-state index in [1.165, 1.54) is 11.2 Å². The first-order chi connectivity index (χ1) is 11.1. The zero-order valence-corrected chi connectivity index (χ0v) is 12.5. The van der Waals surface area contributed by atoms with Gasteiger partial charge in [0.05, 0.1) is 23.6 Å². The number of nitrogens with zero attached hydrogens (tertiary/aromatic N) is 2. The molecule has 0 aliphatic heterocycles. The summed E-state index contributed by atoms with van der Waals surface area (Å²) in [5.74, 6) is 0.328. The summed E-state index contributed by atoms with van der Waals surface area (Å²) in [6.07, 6.45) is 1.53. The Labute approximate surface area is 130 Å². The first-order valence-electron chi connectivity index (χ1n) is 7.04. The molecule has 0 aliphatic rings. The topological polar surface area (TPSA) is 88.3 Å². The molecule has 23 heavy (non-hydrogen) atoms. The lowest BCUT2D eigenvalue weighted by molar-refractivity contribution is -0.131. The lowest BCUT2D eigenvalue weighted by Crippen LogP contribution is -2.37. The lowest BCUT2D eigenvalue weighted by atomic mass is 10.2. The molecule has 1 aromatic carbocycles. The molecule has 1 amide bonds. The van der Waals surface area contributed by atoms with Crippen LogP contribution in [-0.4, -0.2) is 27.6 Å². The predicted molar refractivity (Wildman–Crippen MR) is 84.0 cm³/mol. The van der Waals surface area contributed by atoms with Crippen molar-refractivity contribution >= 4 is 16.7 Å². The van der Waals surface area contributed by atoms with Crippen LogP contribution in [0.5, 0.6) is 0 Å². The third-order valence-electron chi connectivity index (χ3n) is 3.58. The van der Waals surface area contributed by atoms with Gasteiger partial charge in [-0.05, 0) is 24.3 Å². The monoisotopic (exact) mass is 313 g/mol. The minimum absolute atomic E-state index is 0.240. The second-order valence-corrected chi connectivity index (χ2v) is 5.21. The summed E-state index contributed by atoms with van der Waals surface area (Å²) in [5.41, 5.74) is -0.804. The number of likely N-dealkylation sites (N-methyl/N-ethyl adjacent to an activating group) is 1. The number of H-pyrrole nitrogens is 1. The van der Waals surface area contributed by atoms with Crippen LogP contribution in [0.15, 0.2) is 56.7 Å². The summed E-state index contributed by atoms with van der Waals surface area (Å²) < 4.78 is 6.22. The maximum Gasteiger partial charge on any atom is 0.273 e. The fraction of sp³-hybridized carbons (Fsp3) is 0.188. The fourth-order valence-corrected chi connectivity index (χ4v) is 2.34. The van der Waals surface area contributed by atoms with Gasteiger partial charge in [-0.25, -0.2) is 4.68 Å². The van der Waals surface area contributed by atoms with Crippen LogP contribution in [0.25, 0.3) is 10.8 Å². The molecule has 0 unspecified atom stereocenters. The van der Waals surface area contributed by atoms with Gasteiger partial charge in [0.15, 0.2) is 0 Å². The molecule has 0 bridgehead atoms. The quantitative estimate of drug-likeness (QED) is 0.776. The number of furan rings is 1. The summed E-state index contributed by atoms with van der Waals surface area (Å²) in [6, 6.07) is 10.0. The van der Waals surface area contributed by atoms with Crippen LogP contribution in [0, 0.1) is 0 Å². The highest BCUT2D eigenvalue weighted by Crippen LogP contribution is 2.05. The highest BCUT2D eigenvalue weighted by molar-refractivity contribution is 5.81. The molecule has 2 heterocycles. The average molecular weight is 313 g/mol. The number of carbonyl (C=O) groups is 1. The molecule has 0 fully saturated rings. The van der Waals surface area contributed by atoms with Gasteiger partial charge in [0, 0.05) is 7.05 Å². The van der Waals surface area contributed by atoms with Crippen molar-refractivity contribution in [3.63, 3.8) is 0 Å². The maximum absolute atomic E-state index is 12.4. The Kier molecular flexibility index (Phi) is 3.84. The minimum atomic E-state index is -0.403. The first kappa shape index (κ1) is 14.8. The van der Waals surface area contributed by atoms with Gasteiger partial charge in [0.1, 0.15) is 12.3 Å². The second-order valence-electron chi connectivity index (χ2n) is 5.21. The Hall–Kier alpha value is -3.09. The van der Waals surface area contributed by atoms with Gasteiger partial charge in [0.25, 0.3) is 11.1 Å². The standard InChI is InChI=1S/C16H15N3O4/c1-18(9-11-5-4-8-23-11)14(20)10-19-16(22)13-7-3-2-6-12(13)15(21)17-19/h2-8H,9-10H2,1H3,(H,17,21). The molecule has 7 nitrogen and oxygen atoms in total. The Bertz CT molecular complexity index is 953. The number of aromatic amines is 1. The Morgan fingerprint density at radius 2 is 1.91 bits per heavy atom. The summed E-state index contributed by atoms with van der Waals surface area (Å²) in [6.45, 7) is 0.0501. The molecule has 0 saturated carbocycles. The van der Waals surface area contributed by atoms with Gasteiger partial charge < -0.3 is 9.32 Å². The van der Waals surface area contributed by atoms with E-state index in [0.29, 0.717) is 17.7 Å². The van der Waals surface area contributed by atoms with Crippen LogP contribution >= 0.6 is 0 Å². The molecule has 3 rings (SSSR count). The van der Waals surface area contributed by atoms with Crippen molar-refractivity contribution in [2.75, 3.05) is 7.05 Å². The van der Waals surface area contributed by atoms with Crippen LogP contribution in [-0.2, 0) is 17.9 Å². The number of nitrogens with one attached hydrogen (secondary N) is 1. The normalized spacial score (nSPS) is 10.8. The van der Waals surface area contributed by atoms with Crippen LogP contribution in [0.3, 0.4) is 0 Å². The molecule has 2 aromatic heterocycles. The van der Waals surface area contributed by atoms with E-state index in [1.807, 2.05) is 0 Å². The third kappa shape index (κ3) is 2.94. The van der Waals surface area contributed by atoms with Crippen LogP contribution in [0.1, 0.15) is 5.76 Å². The molecular weight excluding hydrogens is 298 g/mol. The van der Waals surface area contributed by atoms with Gasteiger partial charge in [-0.1, -0.05) is 12.1 Å². The number of rotatable bonds is 4. The predicted octanol–water partition coefficient (Wildman–Crippen LogP) is 0.941. The summed E-state index contributed by atoms with van der Waals surface area (Å²) >= 11 is 0. The molecule has 0 atom stereocenters. The first-order valence-corrected chi connectivity index (χ1v) is 7.04. The van der Waals surface area contributed by atoms with E-state index in [-0.39, 0.29) is 17.8 Å². The number of aromatic nitrogens is 2. The third-order valence-corrected chi connectivity index (χ3v) is 3.58. The molecular formula is C16H15N3O4. The zero-order chi connectivity index (χ0) is 16.4. The van der Waals surface area contributed by atoms with Crippen molar-refractivity contribution in [1.82, 2.24) is 14.7 Å². The van der Waals surface area contributed by atoms with Gasteiger partial charge >= 0.3 is 0 Å². The summed E-state index contributed by atoms with van der Waals surface area (Å²) in [7, 11) is 1.61. The zero-order valence-electron chi connectivity index (χ0n) is 12.5. The van der Waals surface area contributed by atoms with E-state index in [9.17, 15) is 14.4 Å². The van der Waals surface area contributed by atoms with Gasteiger partial charge in [0.2, 0.25) is 5.91 Å². The van der Waals surface area contributed by atoms with Gasteiger partial charge in [-0.3, -0.25) is 19.5 Å². The Morgan fingerprint density at radius 1 is 1.17 bits per heavy atom. The van der Waals surface area contributed by atoms with Crippen molar-refractivity contribution in [3.8, 4) is 0 Å². The smallest absolute Gasteiger partial charge is 0.273 e. The number of hydrogen-bond donors (Lipinski definition) is 1. The fourth-order valence-electron chi connectivity index (χ4n) is 2.34. The molecule has 0 saturated heterocycles. The Balaban J connectivity index is 1.86. The van der Waals surface area contributed by atoms with Crippen molar-refractivity contribution in [2.24, 2.45) is 0 Å². The molecule has 7 heteroatoms. The van der Waals surface area contributed by atoms with Gasteiger partial charge in [-0.2, -0.15) is 0 Å². The van der Waals surface area contributed by atoms with Gasteiger partial charge in [-0.15, -0.1) is 0 Å². The highest BCUT2D eigenvalue weighted by atomic mass is 16.3. The highest BCUT2D eigenvalue weighted by Gasteiger charge is 2.14. The largest absolute Gasteiger partial charge is 0.467 e.